The fraction of sp³-hybridized carbons (Fsp3) is 0.211. The molecule has 1 amide bonds. The largest absolute Gasteiger partial charge is 0.296 e. The zero-order valence-electron chi connectivity index (χ0n) is 16.0. The van der Waals surface area contributed by atoms with Crippen LogP contribution in [0.1, 0.15) is 21.5 Å². The van der Waals surface area contributed by atoms with Gasteiger partial charge in [0.2, 0.25) is 9.47 Å². The fourth-order valence-corrected chi connectivity index (χ4v) is 5.41. The Hall–Kier alpha value is -2.34. The number of rotatable bonds is 9. The fourth-order valence-electron chi connectivity index (χ4n) is 2.47. The number of nitrogens with one attached hydrogen (secondary N) is 2. The van der Waals surface area contributed by atoms with E-state index in [1.165, 1.54) is 17.8 Å². The van der Waals surface area contributed by atoms with E-state index in [-0.39, 0.29) is 27.7 Å². The Balaban J connectivity index is 1.51. The number of anilines is 1. The lowest BCUT2D eigenvalue weighted by Gasteiger charge is -2.05. The molecule has 0 aliphatic rings. The van der Waals surface area contributed by atoms with Crippen molar-refractivity contribution in [3.05, 3.63) is 71.0 Å². The van der Waals surface area contributed by atoms with Crippen molar-refractivity contribution in [3.8, 4) is 0 Å². The molecule has 1 aromatic heterocycles. The summed E-state index contributed by atoms with van der Waals surface area (Å²) in [4.78, 5) is 12.3. The highest BCUT2D eigenvalue weighted by molar-refractivity contribution is 7.98. The van der Waals surface area contributed by atoms with E-state index in [0.717, 1.165) is 16.9 Å². The maximum Gasteiger partial charge on any atom is 0.269 e. The minimum atomic E-state index is -3.85. The first-order valence-electron chi connectivity index (χ1n) is 8.88. The van der Waals surface area contributed by atoms with Gasteiger partial charge >= 0.3 is 0 Å². The normalized spacial score (nSPS) is 11.4. The summed E-state index contributed by atoms with van der Waals surface area (Å²) in [5.41, 5.74) is 1.84. The Morgan fingerprint density at radius 2 is 1.87 bits per heavy atom. The second-order valence-corrected chi connectivity index (χ2v) is 10.2. The van der Waals surface area contributed by atoms with Crippen LogP contribution in [0.5, 0.6) is 0 Å². The highest BCUT2D eigenvalue weighted by atomic mass is 32.2. The number of hydrogen-bond acceptors (Lipinski definition) is 7. The molecule has 0 unspecified atom stereocenters. The first-order valence-corrected chi connectivity index (χ1v) is 12.3. The van der Waals surface area contributed by atoms with E-state index in [2.05, 4.69) is 20.2 Å². The molecule has 0 fully saturated rings. The minimum absolute atomic E-state index is 0.0950. The number of benzene rings is 2. The molecule has 3 rings (SSSR count). The first kappa shape index (κ1) is 22.3. The number of nitrogens with zero attached hydrogens (tertiary/aromatic N) is 2. The molecule has 0 aliphatic heterocycles. The number of halogens is 1. The van der Waals surface area contributed by atoms with Crippen molar-refractivity contribution in [3.63, 3.8) is 0 Å². The van der Waals surface area contributed by atoms with Gasteiger partial charge in [-0.15, -0.1) is 10.2 Å². The summed E-state index contributed by atoms with van der Waals surface area (Å²) >= 11 is 2.18. The average Bonchev–Trinajstić information content (AvgIpc) is 3.19. The van der Waals surface area contributed by atoms with E-state index in [1.807, 2.05) is 6.07 Å². The lowest BCUT2D eigenvalue weighted by molar-refractivity contribution is 0.102. The molecule has 0 saturated heterocycles. The summed E-state index contributed by atoms with van der Waals surface area (Å²) in [6.07, 6.45) is 0. The number of aryl methyl sites for hydroxylation is 1. The van der Waals surface area contributed by atoms with Gasteiger partial charge in [-0.1, -0.05) is 47.7 Å². The summed E-state index contributed by atoms with van der Waals surface area (Å²) in [6.45, 7) is 1.96. The molecule has 2 N–H and O–H groups in total. The monoisotopic (exact) mass is 466 g/mol. The summed E-state index contributed by atoms with van der Waals surface area (Å²) in [6, 6.07) is 13.5. The lowest BCUT2D eigenvalue weighted by Crippen LogP contribution is -2.26. The Morgan fingerprint density at radius 3 is 2.63 bits per heavy atom. The molecular formula is C19H19FN4O3S3. The van der Waals surface area contributed by atoms with E-state index in [1.54, 1.807) is 43.3 Å². The van der Waals surface area contributed by atoms with Crippen LogP contribution in [0.15, 0.2) is 52.9 Å². The molecule has 7 nitrogen and oxygen atoms in total. The number of aromatic nitrogens is 2. The van der Waals surface area contributed by atoms with Crippen LogP contribution in [0.2, 0.25) is 0 Å². The zero-order valence-corrected chi connectivity index (χ0v) is 18.4. The maximum absolute atomic E-state index is 13.6. The zero-order chi connectivity index (χ0) is 21.6. The van der Waals surface area contributed by atoms with Gasteiger partial charge in [-0.25, -0.2) is 17.5 Å². The first-order chi connectivity index (χ1) is 14.4. The Kier molecular flexibility index (Phi) is 7.53. The lowest BCUT2D eigenvalue weighted by atomic mass is 10.1. The van der Waals surface area contributed by atoms with E-state index >= 15 is 0 Å². The molecule has 0 saturated carbocycles. The van der Waals surface area contributed by atoms with Crippen LogP contribution in [0, 0.1) is 12.7 Å². The van der Waals surface area contributed by atoms with Crippen LogP contribution >= 0.6 is 23.1 Å². The number of carbonyl (C=O) groups excluding carboxylic acids is 1. The highest BCUT2D eigenvalue weighted by Crippen LogP contribution is 2.21. The maximum atomic E-state index is 13.6. The predicted octanol–water partition coefficient (Wildman–Crippen LogP) is 3.45. The van der Waals surface area contributed by atoms with Crippen LogP contribution in [-0.4, -0.2) is 36.8 Å². The molecule has 0 bridgehead atoms. The Morgan fingerprint density at radius 1 is 1.13 bits per heavy atom. The van der Waals surface area contributed by atoms with Crippen molar-refractivity contribution in [1.29, 1.82) is 0 Å². The predicted molar refractivity (Wildman–Crippen MR) is 117 cm³/mol. The van der Waals surface area contributed by atoms with Gasteiger partial charge in [-0.2, -0.15) is 11.8 Å². The quantitative estimate of drug-likeness (QED) is 0.370. The Labute approximate surface area is 182 Å². The van der Waals surface area contributed by atoms with Crippen molar-refractivity contribution in [2.45, 2.75) is 17.0 Å². The summed E-state index contributed by atoms with van der Waals surface area (Å²) in [5, 5.41) is 10.1. The molecule has 2 aromatic carbocycles. The molecule has 0 atom stereocenters. The van der Waals surface area contributed by atoms with Crippen molar-refractivity contribution < 1.29 is 17.6 Å². The summed E-state index contributed by atoms with van der Waals surface area (Å²) < 4.78 is 40.5. The third kappa shape index (κ3) is 5.85. The molecule has 0 radical (unpaired) electrons. The second kappa shape index (κ2) is 10.1. The number of amides is 1. The van der Waals surface area contributed by atoms with Crippen LogP contribution in [0.4, 0.5) is 9.52 Å². The number of sulfonamides is 1. The second-order valence-electron chi connectivity index (χ2n) is 6.18. The van der Waals surface area contributed by atoms with Crippen LogP contribution in [-0.2, 0) is 15.8 Å². The van der Waals surface area contributed by atoms with Crippen LogP contribution < -0.4 is 10.0 Å². The van der Waals surface area contributed by atoms with Gasteiger partial charge in [0.05, 0.1) is 0 Å². The molecule has 158 valence electrons. The number of carbonyl (C=O) groups is 1. The van der Waals surface area contributed by atoms with E-state index < -0.39 is 10.0 Å². The molecule has 30 heavy (non-hydrogen) atoms. The van der Waals surface area contributed by atoms with Gasteiger partial charge < -0.3 is 0 Å². The van der Waals surface area contributed by atoms with Gasteiger partial charge in [0.15, 0.2) is 0 Å². The SMILES string of the molecule is Cc1ccccc1C(=O)Nc1nnc(S(=O)(=O)NCCSCc2ccccc2F)s1. The van der Waals surface area contributed by atoms with Gasteiger partial charge in [0.1, 0.15) is 5.82 Å². The number of thioether (sulfide) groups is 1. The van der Waals surface area contributed by atoms with Crippen LogP contribution in [0.25, 0.3) is 0 Å². The Bertz CT molecular complexity index is 1140. The van der Waals surface area contributed by atoms with Gasteiger partial charge in [0.25, 0.3) is 15.9 Å². The van der Waals surface area contributed by atoms with Gasteiger partial charge in [-0.05, 0) is 30.2 Å². The number of hydrogen-bond donors (Lipinski definition) is 2. The minimum Gasteiger partial charge on any atom is -0.296 e. The summed E-state index contributed by atoms with van der Waals surface area (Å²) in [5.74, 6) is 0.247. The smallest absolute Gasteiger partial charge is 0.269 e. The molecular weight excluding hydrogens is 447 g/mol. The molecule has 0 aliphatic carbocycles. The average molecular weight is 467 g/mol. The standard InChI is InChI=1S/C19H19FN4O3S3/c1-13-6-2-4-8-15(13)17(25)22-18-23-24-19(29-18)30(26,27)21-10-11-28-12-14-7-3-5-9-16(14)20/h2-9,21H,10-12H2,1H3,(H,22,23,25). The van der Waals surface area contributed by atoms with E-state index in [4.69, 9.17) is 0 Å². The van der Waals surface area contributed by atoms with Gasteiger partial charge in [0, 0.05) is 23.6 Å². The van der Waals surface area contributed by atoms with E-state index in [9.17, 15) is 17.6 Å². The third-order valence-corrected chi connectivity index (χ3v) is 7.68. The van der Waals surface area contributed by atoms with Crippen molar-refractivity contribution in [1.82, 2.24) is 14.9 Å². The third-order valence-electron chi connectivity index (χ3n) is 4.00. The summed E-state index contributed by atoms with van der Waals surface area (Å²) in [7, 11) is -3.85. The van der Waals surface area contributed by atoms with Gasteiger partial charge in [-0.3, -0.25) is 10.1 Å². The van der Waals surface area contributed by atoms with Crippen molar-refractivity contribution in [2.24, 2.45) is 0 Å². The highest BCUT2D eigenvalue weighted by Gasteiger charge is 2.21. The molecule has 11 heteroatoms. The molecule has 1 heterocycles. The molecule has 3 aromatic rings. The van der Waals surface area contributed by atoms with Crippen molar-refractivity contribution >= 4 is 44.2 Å². The van der Waals surface area contributed by atoms with Crippen LogP contribution in [0.3, 0.4) is 0 Å². The molecule has 0 spiro atoms. The topological polar surface area (TPSA) is 101 Å². The van der Waals surface area contributed by atoms with E-state index in [0.29, 0.717) is 22.6 Å². The van der Waals surface area contributed by atoms with Crippen molar-refractivity contribution in [2.75, 3.05) is 17.6 Å².